The molecule has 0 saturated heterocycles. The van der Waals surface area contributed by atoms with Crippen LogP contribution in [-0.4, -0.2) is 44.9 Å². The Kier molecular flexibility index (Phi) is 6.05. The number of rotatable bonds is 8. The Hall–Kier alpha value is -2.71. The normalized spacial score (nSPS) is 10.6. The number of nitrogens with one attached hydrogen (secondary N) is 2. The van der Waals surface area contributed by atoms with E-state index in [1.165, 1.54) is 0 Å². The van der Waals surface area contributed by atoms with Gasteiger partial charge in [0.2, 0.25) is 17.7 Å². The van der Waals surface area contributed by atoms with Crippen LogP contribution in [0.1, 0.15) is 31.9 Å². The van der Waals surface area contributed by atoms with E-state index in [1.807, 2.05) is 26.8 Å². The average Bonchev–Trinajstić information content (AvgIpc) is 3.17. The van der Waals surface area contributed by atoms with Crippen LogP contribution >= 0.6 is 0 Å². The summed E-state index contributed by atoms with van der Waals surface area (Å²) >= 11 is 0. The van der Waals surface area contributed by atoms with Crippen molar-refractivity contribution in [2.75, 3.05) is 13.1 Å². The van der Waals surface area contributed by atoms with E-state index in [2.05, 4.69) is 25.9 Å². The highest BCUT2D eigenvalue weighted by Crippen LogP contribution is 2.19. The lowest BCUT2D eigenvalue weighted by Gasteiger charge is -2.04. The largest absolute Gasteiger partial charge is 0.419 e. The van der Waals surface area contributed by atoms with E-state index >= 15 is 0 Å². The first-order valence-corrected chi connectivity index (χ1v) is 7.94. The lowest BCUT2D eigenvalue weighted by Crippen LogP contribution is -2.36. The van der Waals surface area contributed by atoms with Gasteiger partial charge in [-0.2, -0.15) is 5.10 Å². The minimum atomic E-state index is -0.240. The molecule has 0 radical (unpaired) electrons. The maximum Gasteiger partial charge on any atom is 0.265 e. The predicted octanol–water partition coefficient (Wildman–Crippen LogP) is 0.446. The predicted molar refractivity (Wildman–Crippen MR) is 85.9 cm³/mol. The van der Waals surface area contributed by atoms with Crippen LogP contribution in [0.2, 0.25) is 0 Å². The van der Waals surface area contributed by atoms with Crippen molar-refractivity contribution in [3.8, 4) is 11.6 Å². The molecule has 0 bridgehead atoms. The standard InChI is InChI=1S/C15H22N6O3/c1-4-16-13(23)9-17-12(22)6-7-14-18-19-15(24-14)11-8-10(3)20-21(11)5-2/h8H,4-7,9H2,1-3H3,(H,16,23)(H,17,22). The Morgan fingerprint density at radius 2 is 2.00 bits per heavy atom. The Labute approximate surface area is 139 Å². The fourth-order valence-electron chi connectivity index (χ4n) is 2.16. The van der Waals surface area contributed by atoms with E-state index < -0.39 is 0 Å². The van der Waals surface area contributed by atoms with Gasteiger partial charge in [0.05, 0.1) is 12.2 Å². The van der Waals surface area contributed by atoms with E-state index in [4.69, 9.17) is 4.42 Å². The van der Waals surface area contributed by atoms with Crippen molar-refractivity contribution in [3.05, 3.63) is 17.7 Å². The van der Waals surface area contributed by atoms with E-state index in [1.54, 1.807) is 4.68 Å². The zero-order valence-electron chi connectivity index (χ0n) is 14.1. The zero-order chi connectivity index (χ0) is 17.5. The van der Waals surface area contributed by atoms with Crippen molar-refractivity contribution >= 4 is 11.8 Å². The van der Waals surface area contributed by atoms with Gasteiger partial charge < -0.3 is 15.1 Å². The second kappa shape index (κ2) is 8.23. The monoisotopic (exact) mass is 334 g/mol. The molecule has 0 spiro atoms. The topological polar surface area (TPSA) is 115 Å². The third-order valence-electron chi connectivity index (χ3n) is 3.27. The van der Waals surface area contributed by atoms with E-state index in [9.17, 15) is 9.59 Å². The minimum Gasteiger partial charge on any atom is -0.419 e. The van der Waals surface area contributed by atoms with E-state index in [-0.39, 0.29) is 24.8 Å². The maximum absolute atomic E-state index is 11.7. The second-order valence-corrected chi connectivity index (χ2v) is 5.22. The number of aromatic nitrogens is 4. The van der Waals surface area contributed by atoms with Gasteiger partial charge in [-0.3, -0.25) is 14.3 Å². The second-order valence-electron chi connectivity index (χ2n) is 5.22. The molecular formula is C15H22N6O3. The molecule has 0 aromatic carbocycles. The average molecular weight is 334 g/mol. The third kappa shape index (κ3) is 4.64. The van der Waals surface area contributed by atoms with E-state index in [0.29, 0.717) is 31.3 Å². The van der Waals surface area contributed by atoms with Crippen LogP contribution < -0.4 is 10.6 Å². The molecule has 2 amide bonds. The molecule has 0 saturated carbocycles. The molecule has 130 valence electrons. The summed E-state index contributed by atoms with van der Waals surface area (Å²) in [5, 5.41) is 17.4. The van der Waals surface area contributed by atoms with Crippen LogP contribution in [0.25, 0.3) is 11.6 Å². The van der Waals surface area contributed by atoms with Gasteiger partial charge in [0.15, 0.2) is 0 Å². The number of hydrogen-bond acceptors (Lipinski definition) is 6. The van der Waals surface area contributed by atoms with Gasteiger partial charge in [-0.15, -0.1) is 10.2 Å². The van der Waals surface area contributed by atoms with Crippen LogP contribution in [0.5, 0.6) is 0 Å². The summed E-state index contributed by atoms with van der Waals surface area (Å²) in [4.78, 5) is 23.0. The Bertz CT molecular complexity index is 706. The summed E-state index contributed by atoms with van der Waals surface area (Å²) in [6.45, 7) is 6.89. The van der Waals surface area contributed by atoms with Gasteiger partial charge in [0.25, 0.3) is 5.89 Å². The smallest absolute Gasteiger partial charge is 0.265 e. The first kappa shape index (κ1) is 17.6. The van der Waals surface area contributed by atoms with Gasteiger partial charge in [-0.1, -0.05) is 0 Å². The summed E-state index contributed by atoms with van der Waals surface area (Å²) in [7, 11) is 0. The molecule has 2 N–H and O–H groups in total. The van der Waals surface area contributed by atoms with Crippen molar-refractivity contribution in [2.24, 2.45) is 0 Å². The summed E-state index contributed by atoms with van der Waals surface area (Å²) in [5.41, 5.74) is 1.63. The summed E-state index contributed by atoms with van der Waals surface area (Å²) in [6, 6.07) is 1.87. The van der Waals surface area contributed by atoms with Crippen molar-refractivity contribution in [3.63, 3.8) is 0 Å². The van der Waals surface area contributed by atoms with Crippen molar-refractivity contribution < 1.29 is 14.0 Å². The third-order valence-corrected chi connectivity index (χ3v) is 3.27. The highest BCUT2D eigenvalue weighted by Gasteiger charge is 2.15. The zero-order valence-corrected chi connectivity index (χ0v) is 14.1. The summed E-state index contributed by atoms with van der Waals surface area (Å²) < 4.78 is 7.38. The van der Waals surface area contributed by atoms with Gasteiger partial charge in [0, 0.05) is 25.9 Å². The van der Waals surface area contributed by atoms with Gasteiger partial charge in [-0.05, 0) is 26.8 Å². The van der Waals surface area contributed by atoms with Crippen LogP contribution in [0.4, 0.5) is 0 Å². The van der Waals surface area contributed by atoms with Crippen LogP contribution in [0.15, 0.2) is 10.5 Å². The Morgan fingerprint density at radius 1 is 1.21 bits per heavy atom. The number of carbonyl (C=O) groups is 2. The van der Waals surface area contributed by atoms with Gasteiger partial charge >= 0.3 is 0 Å². The van der Waals surface area contributed by atoms with Crippen LogP contribution in [0, 0.1) is 6.92 Å². The highest BCUT2D eigenvalue weighted by atomic mass is 16.4. The van der Waals surface area contributed by atoms with Crippen molar-refractivity contribution in [1.29, 1.82) is 0 Å². The lowest BCUT2D eigenvalue weighted by atomic mass is 10.3. The highest BCUT2D eigenvalue weighted by molar-refractivity contribution is 5.84. The molecule has 0 fully saturated rings. The molecule has 9 heteroatoms. The van der Waals surface area contributed by atoms with Crippen molar-refractivity contribution in [2.45, 2.75) is 40.2 Å². The molecule has 2 aromatic heterocycles. The minimum absolute atomic E-state index is 0.0310. The molecule has 0 aliphatic heterocycles. The quantitative estimate of drug-likeness (QED) is 0.724. The molecule has 2 rings (SSSR count). The van der Waals surface area contributed by atoms with Gasteiger partial charge in [0.1, 0.15) is 5.69 Å². The van der Waals surface area contributed by atoms with Crippen LogP contribution in [0.3, 0.4) is 0 Å². The molecule has 2 heterocycles. The fourth-order valence-corrected chi connectivity index (χ4v) is 2.16. The SMILES string of the molecule is CCNC(=O)CNC(=O)CCc1nnc(-c2cc(C)nn2CC)o1. The summed E-state index contributed by atoms with van der Waals surface area (Å²) in [6.07, 6.45) is 0.487. The number of amides is 2. The number of nitrogens with zero attached hydrogens (tertiary/aromatic N) is 4. The number of carbonyl (C=O) groups excluding carboxylic acids is 2. The molecule has 0 atom stereocenters. The number of aryl methyl sites for hydroxylation is 3. The molecule has 9 nitrogen and oxygen atoms in total. The first-order chi connectivity index (χ1) is 11.5. The molecule has 24 heavy (non-hydrogen) atoms. The molecule has 0 unspecified atom stereocenters. The maximum atomic E-state index is 11.7. The van der Waals surface area contributed by atoms with Crippen LogP contribution in [-0.2, 0) is 22.6 Å². The molecule has 0 aliphatic carbocycles. The lowest BCUT2D eigenvalue weighted by molar-refractivity contribution is -0.126. The molecule has 2 aromatic rings. The summed E-state index contributed by atoms with van der Waals surface area (Å²) in [5.74, 6) is 0.305. The van der Waals surface area contributed by atoms with Gasteiger partial charge in [-0.25, -0.2) is 0 Å². The Balaban J connectivity index is 1.87. The number of hydrogen-bond donors (Lipinski definition) is 2. The molecule has 0 aliphatic rings. The Morgan fingerprint density at radius 3 is 2.71 bits per heavy atom. The fraction of sp³-hybridized carbons (Fsp3) is 0.533. The first-order valence-electron chi connectivity index (χ1n) is 7.94. The number of likely N-dealkylation sites (N-methyl/N-ethyl adjacent to an activating group) is 1. The molecular weight excluding hydrogens is 312 g/mol. The van der Waals surface area contributed by atoms with Crippen molar-refractivity contribution in [1.82, 2.24) is 30.6 Å². The van der Waals surface area contributed by atoms with E-state index in [0.717, 1.165) is 11.4 Å².